The van der Waals surface area contributed by atoms with Crippen molar-refractivity contribution in [1.82, 2.24) is 9.88 Å². The highest BCUT2D eigenvalue weighted by Crippen LogP contribution is 2.29. The molecule has 1 aromatic carbocycles. The van der Waals surface area contributed by atoms with Crippen molar-refractivity contribution < 1.29 is 4.42 Å². The number of nitrogens with zero attached hydrogens (tertiary/aromatic N) is 2. The van der Waals surface area contributed by atoms with Crippen molar-refractivity contribution in [3.63, 3.8) is 0 Å². The maximum Gasteiger partial charge on any atom is 0.227 e. The summed E-state index contributed by atoms with van der Waals surface area (Å²) in [6, 6.07) is 12.8. The Kier molecular flexibility index (Phi) is 4.22. The fourth-order valence-electron chi connectivity index (χ4n) is 3.39. The summed E-state index contributed by atoms with van der Waals surface area (Å²) in [4.78, 5) is 7.08. The lowest BCUT2D eigenvalue weighted by atomic mass is 9.95. The van der Waals surface area contributed by atoms with Gasteiger partial charge in [0.05, 0.1) is 5.69 Å². The van der Waals surface area contributed by atoms with Crippen molar-refractivity contribution in [3.05, 3.63) is 64.2 Å². The predicted molar refractivity (Wildman–Crippen MR) is 97.0 cm³/mol. The number of benzene rings is 1. The minimum absolute atomic E-state index is 0.163. The summed E-state index contributed by atoms with van der Waals surface area (Å²) >= 11 is 1.65. The van der Waals surface area contributed by atoms with Crippen LogP contribution < -0.4 is 5.73 Å². The van der Waals surface area contributed by atoms with E-state index in [0.29, 0.717) is 11.8 Å². The third-order valence-electron chi connectivity index (χ3n) is 4.70. The van der Waals surface area contributed by atoms with Gasteiger partial charge in [-0.2, -0.15) is 11.3 Å². The molecule has 0 spiro atoms. The molecule has 0 radical (unpaired) electrons. The van der Waals surface area contributed by atoms with Crippen molar-refractivity contribution in [3.8, 4) is 11.5 Å². The number of aromatic nitrogens is 1. The second-order valence-electron chi connectivity index (χ2n) is 6.41. The number of thiophene rings is 1. The molecule has 24 heavy (non-hydrogen) atoms. The van der Waals surface area contributed by atoms with E-state index in [2.05, 4.69) is 34.5 Å². The van der Waals surface area contributed by atoms with Crippen LogP contribution in [-0.2, 0) is 6.54 Å². The molecule has 4 rings (SSSR count). The number of aryl methyl sites for hydroxylation is 1. The van der Waals surface area contributed by atoms with E-state index in [1.807, 2.05) is 24.4 Å². The van der Waals surface area contributed by atoms with Gasteiger partial charge in [0.15, 0.2) is 0 Å². The molecule has 5 heteroatoms. The normalized spacial score (nSPS) is 21.4. The van der Waals surface area contributed by atoms with Crippen LogP contribution in [0.5, 0.6) is 0 Å². The largest absolute Gasteiger partial charge is 0.441 e. The highest BCUT2D eigenvalue weighted by Gasteiger charge is 2.31. The third-order valence-corrected chi connectivity index (χ3v) is 5.39. The van der Waals surface area contributed by atoms with Crippen LogP contribution in [0.3, 0.4) is 0 Å². The number of likely N-dealkylation sites (tertiary alicyclic amines) is 1. The molecular weight excluding hydrogens is 318 g/mol. The molecule has 3 heterocycles. The van der Waals surface area contributed by atoms with E-state index in [1.54, 1.807) is 11.3 Å². The van der Waals surface area contributed by atoms with Crippen LogP contribution in [0.15, 0.2) is 51.6 Å². The second-order valence-corrected chi connectivity index (χ2v) is 7.19. The van der Waals surface area contributed by atoms with Crippen LogP contribution in [0.2, 0.25) is 0 Å². The monoisotopic (exact) mass is 339 g/mol. The molecule has 1 fully saturated rings. The number of hydrogen-bond donors (Lipinski definition) is 1. The van der Waals surface area contributed by atoms with Crippen LogP contribution in [0.4, 0.5) is 0 Å². The number of rotatable bonds is 4. The van der Waals surface area contributed by atoms with Gasteiger partial charge in [-0.1, -0.05) is 30.3 Å². The zero-order valence-electron chi connectivity index (χ0n) is 13.7. The van der Waals surface area contributed by atoms with E-state index < -0.39 is 0 Å². The maximum atomic E-state index is 6.39. The standard InChI is InChI=1S/C19H21N3OS/c1-13-18(21-19(23-13)15-7-8-24-12-15)11-22-9-16(17(20)10-22)14-5-3-2-4-6-14/h2-8,12,16-17H,9-11,20H2,1H3/t16-,17+/m0/s1. The molecule has 4 nitrogen and oxygen atoms in total. The van der Waals surface area contributed by atoms with Crippen molar-refractivity contribution >= 4 is 11.3 Å². The highest BCUT2D eigenvalue weighted by atomic mass is 32.1. The molecule has 0 aliphatic carbocycles. The Hall–Kier alpha value is -1.95. The van der Waals surface area contributed by atoms with Crippen molar-refractivity contribution in [2.75, 3.05) is 13.1 Å². The van der Waals surface area contributed by atoms with Crippen molar-refractivity contribution in [2.24, 2.45) is 5.73 Å². The van der Waals surface area contributed by atoms with Gasteiger partial charge >= 0.3 is 0 Å². The lowest BCUT2D eigenvalue weighted by molar-refractivity contribution is 0.318. The summed E-state index contributed by atoms with van der Waals surface area (Å²) in [5.74, 6) is 1.99. The van der Waals surface area contributed by atoms with Crippen LogP contribution >= 0.6 is 11.3 Å². The van der Waals surface area contributed by atoms with Crippen LogP contribution in [0.25, 0.3) is 11.5 Å². The van der Waals surface area contributed by atoms with Gasteiger partial charge in [0.25, 0.3) is 0 Å². The lowest BCUT2D eigenvalue weighted by Crippen LogP contribution is -2.28. The van der Waals surface area contributed by atoms with Gasteiger partial charge in [-0.15, -0.1) is 0 Å². The van der Waals surface area contributed by atoms with Gasteiger partial charge in [-0.25, -0.2) is 4.98 Å². The molecule has 0 amide bonds. The molecule has 0 saturated carbocycles. The second kappa shape index (κ2) is 6.51. The van der Waals surface area contributed by atoms with Gasteiger partial charge in [0.1, 0.15) is 5.76 Å². The molecule has 0 unspecified atom stereocenters. The Morgan fingerprint density at radius 3 is 2.83 bits per heavy atom. The van der Waals surface area contributed by atoms with Crippen molar-refractivity contribution in [1.29, 1.82) is 0 Å². The molecule has 0 bridgehead atoms. The summed E-state index contributed by atoms with van der Waals surface area (Å²) in [6.07, 6.45) is 0. The van der Waals surface area contributed by atoms with E-state index >= 15 is 0 Å². The Bertz CT molecular complexity index is 797. The SMILES string of the molecule is Cc1oc(-c2ccsc2)nc1CN1C[C@@H](N)[C@H](c2ccccc2)C1. The zero-order chi connectivity index (χ0) is 16.5. The molecule has 1 aliphatic rings. The van der Waals surface area contributed by atoms with E-state index in [9.17, 15) is 0 Å². The van der Waals surface area contributed by atoms with E-state index in [-0.39, 0.29) is 6.04 Å². The molecule has 1 aliphatic heterocycles. The zero-order valence-corrected chi connectivity index (χ0v) is 14.5. The fourth-order valence-corrected chi connectivity index (χ4v) is 4.02. The lowest BCUT2D eigenvalue weighted by Gasteiger charge is -2.15. The maximum absolute atomic E-state index is 6.39. The molecule has 1 saturated heterocycles. The Labute approximate surface area is 145 Å². The first-order valence-corrected chi connectivity index (χ1v) is 9.17. The minimum atomic E-state index is 0.163. The number of nitrogens with two attached hydrogens (primary N) is 1. The number of hydrogen-bond acceptors (Lipinski definition) is 5. The average Bonchev–Trinajstić information content (AvgIpc) is 3.30. The first-order valence-electron chi connectivity index (χ1n) is 8.22. The molecule has 124 valence electrons. The number of oxazole rings is 1. The fraction of sp³-hybridized carbons (Fsp3) is 0.316. The van der Waals surface area contributed by atoms with Gasteiger partial charge in [0, 0.05) is 42.5 Å². The smallest absolute Gasteiger partial charge is 0.227 e. The third kappa shape index (κ3) is 3.02. The first-order chi connectivity index (χ1) is 11.7. The quantitative estimate of drug-likeness (QED) is 0.788. The van der Waals surface area contributed by atoms with Gasteiger partial charge in [-0.05, 0) is 23.9 Å². The predicted octanol–water partition coefficient (Wildman–Crippen LogP) is 3.64. The van der Waals surface area contributed by atoms with Crippen LogP contribution in [0.1, 0.15) is 22.9 Å². The summed E-state index contributed by atoms with van der Waals surface area (Å²) in [7, 11) is 0. The van der Waals surface area contributed by atoms with E-state index in [4.69, 9.17) is 15.1 Å². The van der Waals surface area contributed by atoms with Gasteiger partial charge in [-0.3, -0.25) is 4.90 Å². The Morgan fingerprint density at radius 1 is 1.25 bits per heavy atom. The Balaban J connectivity index is 1.49. The van der Waals surface area contributed by atoms with Crippen LogP contribution in [0, 0.1) is 6.92 Å². The highest BCUT2D eigenvalue weighted by molar-refractivity contribution is 7.08. The van der Waals surface area contributed by atoms with Crippen LogP contribution in [-0.4, -0.2) is 29.0 Å². The summed E-state index contributed by atoms with van der Waals surface area (Å²) in [6.45, 7) is 4.63. The first kappa shape index (κ1) is 15.6. The molecule has 3 aromatic rings. The molecule has 2 aromatic heterocycles. The van der Waals surface area contributed by atoms with Crippen molar-refractivity contribution in [2.45, 2.75) is 25.4 Å². The average molecular weight is 339 g/mol. The summed E-state index contributed by atoms with van der Waals surface area (Å²) in [5.41, 5.74) is 9.78. The molecular formula is C19H21N3OS. The molecule has 2 atom stereocenters. The minimum Gasteiger partial charge on any atom is -0.441 e. The van der Waals surface area contributed by atoms with Gasteiger partial charge < -0.3 is 10.2 Å². The summed E-state index contributed by atoms with van der Waals surface area (Å²) in [5, 5.41) is 4.10. The Morgan fingerprint density at radius 2 is 2.08 bits per heavy atom. The van der Waals surface area contributed by atoms with E-state index in [0.717, 1.165) is 36.7 Å². The van der Waals surface area contributed by atoms with Gasteiger partial charge in [0.2, 0.25) is 5.89 Å². The summed E-state index contributed by atoms with van der Waals surface area (Å²) < 4.78 is 5.85. The molecule has 2 N–H and O–H groups in total. The topological polar surface area (TPSA) is 55.3 Å². The van der Waals surface area contributed by atoms with E-state index in [1.165, 1.54) is 5.56 Å².